The lowest BCUT2D eigenvalue weighted by Crippen LogP contribution is -2.35. The standard InChI is InChI=1S/C20H25FN2O2/c1-25-20-12-22-18(11-19(20)24)14-23-10-2-3-16(13-23)5-4-15-6-8-17(21)9-7-15/h6-9,11-12,16H,2-5,10,13-14H2,1H3,(H,22,24)/t16-/m0/s1. The minimum Gasteiger partial charge on any atom is -0.491 e. The van der Waals surface area contributed by atoms with Gasteiger partial charge in [0.2, 0.25) is 5.43 Å². The number of aromatic nitrogens is 1. The molecule has 0 amide bonds. The largest absolute Gasteiger partial charge is 0.491 e. The number of rotatable bonds is 6. The molecule has 1 aromatic carbocycles. The number of benzene rings is 1. The maximum atomic E-state index is 13.0. The van der Waals surface area contributed by atoms with E-state index in [0.717, 1.165) is 38.2 Å². The van der Waals surface area contributed by atoms with Crippen molar-refractivity contribution in [1.29, 1.82) is 0 Å². The Morgan fingerprint density at radius 2 is 2.12 bits per heavy atom. The van der Waals surface area contributed by atoms with Crippen LogP contribution in [-0.4, -0.2) is 30.1 Å². The number of methoxy groups -OCH3 is 1. The van der Waals surface area contributed by atoms with Gasteiger partial charge in [0, 0.05) is 31.0 Å². The van der Waals surface area contributed by atoms with Gasteiger partial charge in [0.1, 0.15) is 5.82 Å². The molecule has 1 aromatic heterocycles. The summed E-state index contributed by atoms with van der Waals surface area (Å²) in [7, 11) is 1.50. The Bertz CT molecular complexity index is 742. The number of hydrogen-bond donors (Lipinski definition) is 1. The number of ether oxygens (including phenoxy) is 1. The Kier molecular flexibility index (Phi) is 5.87. The fourth-order valence-corrected chi connectivity index (χ4v) is 3.54. The van der Waals surface area contributed by atoms with E-state index in [1.165, 1.54) is 37.6 Å². The summed E-state index contributed by atoms with van der Waals surface area (Å²) in [5, 5.41) is 0. The summed E-state index contributed by atoms with van der Waals surface area (Å²) in [6.07, 6.45) is 6.14. The van der Waals surface area contributed by atoms with Crippen LogP contribution < -0.4 is 10.2 Å². The number of halogens is 1. The van der Waals surface area contributed by atoms with Crippen LogP contribution in [0.1, 0.15) is 30.5 Å². The lowest BCUT2D eigenvalue weighted by Gasteiger charge is -2.32. The zero-order valence-corrected chi connectivity index (χ0v) is 14.6. The molecule has 0 aliphatic carbocycles. The lowest BCUT2D eigenvalue weighted by molar-refractivity contribution is 0.160. The second-order valence-electron chi connectivity index (χ2n) is 6.80. The van der Waals surface area contributed by atoms with Gasteiger partial charge in [-0.15, -0.1) is 0 Å². The molecule has 1 aliphatic heterocycles. The molecule has 134 valence electrons. The molecule has 2 heterocycles. The third kappa shape index (κ3) is 4.92. The third-order valence-electron chi connectivity index (χ3n) is 4.91. The first kappa shape index (κ1) is 17.7. The van der Waals surface area contributed by atoms with Gasteiger partial charge in [-0.1, -0.05) is 12.1 Å². The first-order valence-electron chi connectivity index (χ1n) is 8.86. The van der Waals surface area contributed by atoms with E-state index in [2.05, 4.69) is 9.88 Å². The molecule has 0 spiro atoms. The molecule has 3 rings (SSSR count). The Balaban J connectivity index is 1.53. The molecule has 0 radical (unpaired) electrons. The van der Waals surface area contributed by atoms with E-state index in [1.807, 2.05) is 12.1 Å². The summed E-state index contributed by atoms with van der Waals surface area (Å²) in [6, 6.07) is 8.43. The highest BCUT2D eigenvalue weighted by Crippen LogP contribution is 2.22. The van der Waals surface area contributed by atoms with Gasteiger partial charge in [0.05, 0.1) is 7.11 Å². The van der Waals surface area contributed by atoms with Crippen LogP contribution in [0.3, 0.4) is 0 Å². The number of likely N-dealkylation sites (tertiary alicyclic amines) is 1. The lowest BCUT2D eigenvalue weighted by atomic mass is 9.91. The molecule has 2 aromatic rings. The number of aryl methyl sites for hydroxylation is 1. The molecule has 0 bridgehead atoms. The molecular weight excluding hydrogens is 319 g/mol. The topological polar surface area (TPSA) is 45.3 Å². The van der Waals surface area contributed by atoms with Gasteiger partial charge in [-0.3, -0.25) is 9.69 Å². The Labute approximate surface area is 147 Å². The number of nitrogens with zero attached hydrogens (tertiary/aromatic N) is 1. The van der Waals surface area contributed by atoms with Crippen LogP contribution >= 0.6 is 0 Å². The summed E-state index contributed by atoms with van der Waals surface area (Å²) < 4.78 is 18.0. The number of aromatic amines is 1. The van der Waals surface area contributed by atoms with Gasteiger partial charge in [0.25, 0.3) is 0 Å². The predicted molar refractivity (Wildman–Crippen MR) is 96.3 cm³/mol. The molecule has 1 saturated heterocycles. The van der Waals surface area contributed by atoms with Crippen molar-refractivity contribution in [3.63, 3.8) is 0 Å². The zero-order chi connectivity index (χ0) is 17.6. The molecule has 0 saturated carbocycles. The van der Waals surface area contributed by atoms with Crippen LogP contribution in [0.2, 0.25) is 0 Å². The maximum Gasteiger partial charge on any atom is 0.223 e. The van der Waals surface area contributed by atoms with Crippen molar-refractivity contribution in [2.45, 2.75) is 32.2 Å². The quantitative estimate of drug-likeness (QED) is 0.874. The van der Waals surface area contributed by atoms with Gasteiger partial charge in [-0.05, 0) is 55.8 Å². The monoisotopic (exact) mass is 344 g/mol. The van der Waals surface area contributed by atoms with Crippen LogP contribution in [0.5, 0.6) is 5.75 Å². The predicted octanol–water partition coefficient (Wildman–Crippen LogP) is 3.37. The second kappa shape index (κ2) is 8.30. The van der Waals surface area contributed by atoms with E-state index in [9.17, 15) is 9.18 Å². The number of piperidine rings is 1. The van der Waals surface area contributed by atoms with Gasteiger partial charge in [-0.25, -0.2) is 4.39 Å². The normalized spacial score (nSPS) is 18.2. The van der Waals surface area contributed by atoms with Crippen molar-refractivity contribution in [2.75, 3.05) is 20.2 Å². The fourth-order valence-electron chi connectivity index (χ4n) is 3.54. The number of nitrogens with one attached hydrogen (secondary N) is 1. The molecule has 1 aliphatic rings. The average molecular weight is 344 g/mol. The van der Waals surface area contributed by atoms with E-state index in [4.69, 9.17) is 4.74 Å². The SMILES string of the molecule is COc1c[nH]c(CN2CCC[C@@H](CCc3ccc(F)cc3)C2)cc1=O. The van der Waals surface area contributed by atoms with Crippen molar-refractivity contribution in [1.82, 2.24) is 9.88 Å². The Morgan fingerprint density at radius 1 is 1.32 bits per heavy atom. The minimum absolute atomic E-state index is 0.0823. The molecule has 0 unspecified atom stereocenters. The van der Waals surface area contributed by atoms with Gasteiger partial charge in [-0.2, -0.15) is 0 Å². The molecule has 5 heteroatoms. The molecular formula is C20H25FN2O2. The van der Waals surface area contributed by atoms with E-state index in [0.29, 0.717) is 11.7 Å². The third-order valence-corrected chi connectivity index (χ3v) is 4.91. The van der Waals surface area contributed by atoms with E-state index in [-0.39, 0.29) is 11.2 Å². The summed E-state index contributed by atoms with van der Waals surface area (Å²) in [6.45, 7) is 2.85. The highest BCUT2D eigenvalue weighted by Gasteiger charge is 2.20. The zero-order valence-electron chi connectivity index (χ0n) is 14.6. The first-order chi connectivity index (χ1) is 12.1. The van der Waals surface area contributed by atoms with Crippen LogP contribution in [-0.2, 0) is 13.0 Å². The van der Waals surface area contributed by atoms with Gasteiger partial charge >= 0.3 is 0 Å². The summed E-state index contributed by atoms with van der Waals surface area (Å²) in [5.74, 6) is 0.810. The van der Waals surface area contributed by atoms with Gasteiger partial charge < -0.3 is 9.72 Å². The van der Waals surface area contributed by atoms with Crippen molar-refractivity contribution in [3.05, 3.63) is 63.8 Å². The summed E-state index contributed by atoms with van der Waals surface area (Å²) in [4.78, 5) is 17.4. The fraction of sp³-hybridized carbons (Fsp3) is 0.450. The second-order valence-corrected chi connectivity index (χ2v) is 6.80. The highest BCUT2D eigenvalue weighted by molar-refractivity contribution is 5.20. The van der Waals surface area contributed by atoms with E-state index >= 15 is 0 Å². The van der Waals surface area contributed by atoms with E-state index in [1.54, 1.807) is 12.3 Å². The Hall–Kier alpha value is -2.14. The van der Waals surface area contributed by atoms with Crippen LogP contribution in [0, 0.1) is 11.7 Å². The van der Waals surface area contributed by atoms with Crippen molar-refractivity contribution >= 4 is 0 Å². The van der Waals surface area contributed by atoms with E-state index < -0.39 is 0 Å². The highest BCUT2D eigenvalue weighted by atomic mass is 19.1. The summed E-state index contributed by atoms with van der Waals surface area (Å²) >= 11 is 0. The molecule has 25 heavy (non-hydrogen) atoms. The summed E-state index contributed by atoms with van der Waals surface area (Å²) in [5.41, 5.74) is 2.03. The van der Waals surface area contributed by atoms with Gasteiger partial charge in [0.15, 0.2) is 5.75 Å². The number of H-pyrrole nitrogens is 1. The smallest absolute Gasteiger partial charge is 0.223 e. The van der Waals surface area contributed by atoms with Crippen LogP contribution in [0.4, 0.5) is 4.39 Å². The first-order valence-corrected chi connectivity index (χ1v) is 8.86. The van der Waals surface area contributed by atoms with Crippen LogP contribution in [0.15, 0.2) is 41.3 Å². The minimum atomic E-state index is -0.180. The van der Waals surface area contributed by atoms with Crippen molar-refractivity contribution in [2.24, 2.45) is 5.92 Å². The Morgan fingerprint density at radius 3 is 2.84 bits per heavy atom. The maximum absolute atomic E-state index is 13.0. The van der Waals surface area contributed by atoms with Crippen molar-refractivity contribution in [3.8, 4) is 5.75 Å². The molecule has 1 fully saturated rings. The number of pyridine rings is 1. The van der Waals surface area contributed by atoms with Crippen LogP contribution in [0.25, 0.3) is 0 Å². The number of hydrogen-bond acceptors (Lipinski definition) is 3. The molecule has 1 atom stereocenters. The molecule has 1 N–H and O–H groups in total. The average Bonchev–Trinajstić information content (AvgIpc) is 2.62. The molecule has 4 nitrogen and oxygen atoms in total. The van der Waals surface area contributed by atoms with Crippen molar-refractivity contribution < 1.29 is 9.13 Å².